The van der Waals surface area contributed by atoms with Gasteiger partial charge in [0.1, 0.15) is 0 Å². The first kappa shape index (κ1) is 14.8. The Bertz CT molecular complexity index is 685. The van der Waals surface area contributed by atoms with Crippen LogP contribution in [0, 0.1) is 0 Å². The van der Waals surface area contributed by atoms with Crippen molar-refractivity contribution < 1.29 is 9.63 Å². The predicted molar refractivity (Wildman–Crippen MR) is 95.3 cm³/mol. The number of ether oxygens (including phenoxy) is 1. The van der Waals surface area contributed by atoms with Crippen molar-refractivity contribution >= 4 is 23.4 Å². The molecule has 0 saturated heterocycles. The maximum absolute atomic E-state index is 11.7. The van der Waals surface area contributed by atoms with Crippen LogP contribution in [-0.4, -0.2) is 12.0 Å². The van der Waals surface area contributed by atoms with Crippen molar-refractivity contribution in [1.82, 2.24) is 0 Å². The Morgan fingerprint density at radius 3 is 1.45 bits per heavy atom. The molecule has 3 heteroatoms. The van der Waals surface area contributed by atoms with Gasteiger partial charge in [0.15, 0.2) is 0 Å². The molecule has 0 heterocycles. The van der Waals surface area contributed by atoms with Crippen LogP contribution < -0.4 is 20.7 Å². The monoisotopic (exact) mass is 310 g/mol. The molecule has 0 atom stereocenters. The fourth-order valence-electron chi connectivity index (χ4n) is 2.69. The molecule has 0 bridgehead atoms. The third-order valence-corrected chi connectivity index (χ3v) is 7.40. The zero-order valence-corrected chi connectivity index (χ0v) is 13.4. The Morgan fingerprint density at radius 2 is 1.05 bits per heavy atom. The first-order valence-electron chi connectivity index (χ1n) is 7.23. The molecule has 112 valence electrons. The van der Waals surface area contributed by atoms with Crippen LogP contribution >= 0.6 is 7.49 Å². The summed E-state index contributed by atoms with van der Waals surface area (Å²) in [6.07, 6.45) is 0. The third kappa shape index (κ3) is 2.64. The van der Waals surface area contributed by atoms with Gasteiger partial charge < -0.3 is 0 Å². The van der Waals surface area contributed by atoms with Gasteiger partial charge in [-0.15, -0.1) is 0 Å². The summed E-state index contributed by atoms with van der Waals surface area (Å²) in [6.45, 7) is 0. The van der Waals surface area contributed by atoms with Crippen molar-refractivity contribution in [3.05, 3.63) is 84.9 Å². The van der Waals surface area contributed by atoms with Gasteiger partial charge in [-0.3, -0.25) is 0 Å². The topological polar surface area (TPSA) is 29.5 Å². The van der Waals surface area contributed by atoms with E-state index in [1.54, 1.807) is 7.11 Å². The zero-order chi connectivity index (χ0) is 15.4. The second kappa shape index (κ2) is 6.31. The number of benzene rings is 3. The predicted octanol–water partition coefficient (Wildman–Crippen LogP) is 2.63. The van der Waals surface area contributed by atoms with Crippen LogP contribution in [0.3, 0.4) is 0 Å². The number of rotatable bonds is 4. The summed E-state index contributed by atoms with van der Waals surface area (Å²) >= 11 is 0. The fraction of sp³-hybridized carbons (Fsp3) is 0.0526. The normalized spacial score (nSPS) is 11.9. The second-order valence-corrected chi connectivity index (χ2v) is 8.32. The van der Waals surface area contributed by atoms with Gasteiger partial charge in [0.05, 0.1) is 0 Å². The summed E-state index contributed by atoms with van der Waals surface area (Å²) < 4.78 is 5.23. The molecule has 0 unspecified atom stereocenters. The van der Waals surface area contributed by atoms with Crippen LogP contribution in [-0.2, 0) is 0 Å². The van der Waals surface area contributed by atoms with E-state index in [2.05, 4.69) is 0 Å². The summed E-state index contributed by atoms with van der Waals surface area (Å²) in [4.78, 5) is 11.7. The van der Waals surface area contributed by atoms with Crippen molar-refractivity contribution in [2.75, 3.05) is 7.11 Å². The summed E-state index contributed by atoms with van der Waals surface area (Å²) in [5.41, 5.74) is 0. The number of hydrogen-bond acceptors (Lipinski definition) is 2. The van der Waals surface area contributed by atoms with Crippen molar-refractivity contribution in [2.45, 2.75) is 0 Å². The average molecular weight is 310 g/mol. The molecule has 3 aromatic carbocycles. The third-order valence-electron chi connectivity index (χ3n) is 3.89. The van der Waals surface area contributed by atoms with Gasteiger partial charge in [-0.25, -0.2) is 0 Å². The standard InChI is InChI=1S/C19H19O2P/c1-21-16-12-14-19(15-13-16)22(20,17-8-4-2-5-9-17)18-10-6-3-7-11-18/h2-15,20,22H,1H3. The fourth-order valence-corrected chi connectivity index (χ4v) is 5.69. The van der Waals surface area contributed by atoms with Crippen molar-refractivity contribution in [2.24, 2.45) is 0 Å². The van der Waals surface area contributed by atoms with E-state index in [9.17, 15) is 4.89 Å². The van der Waals surface area contributed by atoms with Crippen LogP contribution in [0.15, 0.2) is 84.9 Å². The molecule has 0 aromatic heterocycles. The Hall–Kier alpha value is -2.15. The zero-order valence-electron chi connectivity index (χ0n) is 12.4. The Morgan fingerprint density at radius 1 is 0.636 bits per heavy atom. The molecule has 3 aromatic rings. The molecule has 0 fully saturated rings. The molecular weight excluding hydrogens is 291 g/mol. The van der Waals surface area contributed by atoms with Gasteiger partial charge in [-0.05, 0) is 0 Å². The molecule has 0 aliphatic carbocycles. The van der Waals surface area contributed by atoms with Gasteiger partial charge in [-0.2, -0.15) is 0 Å². The van der Waals surface area contributed by atoms with E-state index in [4.69, 9.17) is 4.74 Å². The van der Waals surface area contributed by atoms with Crippen molar-refractivity contribution in [1.29, 1.82) is 0 Å². The van der Waals surface area contributed by atoms with Crippen molar-refractivity contribution in [3.8, 4) is 5.75 Å². The van der Waals surface area contributed by atoms with Crippen LogP contribution in [0.5, 0.6) is 5.75 Å². The van der Waals surface area contributed by atoms with Crippen LogP contribution in [0.1, 0.15) is 0 Å². The van der Waals surface area contributed by atoms with E-state index < -0.39 is 7.49 Å². The first-order valence-corrected chi connectivity index (χ1v) is 9.18. The summed E-state index contributed by atoms with van der Waals surface area (Å²) in [6, 6.07) is 27.6. The molecule has 1 N–H and O–H groups in total. The molecule has 0 aliphatic rings. The number of hydrogen-bond donors (Lipinski definition) is 1. The van der Waals surface area contributed by atoms with Gasteiger partial charge in [0.25, 0.3) is 0 Å². The van der Waals surface area contributed by atoms with E-state index in [1.165, 1.54) is 0 Å². The van der Waals surface area contributed by atoms with Gasteiger partial charge >= 0.3 is 131 Å². The number of methoxy groups -OCH3 is 1. The quantitative estimate of drug-likeness (QED) is 0.751. The van der Waals surface area contributed by atoms with E-state index in [-0.39, 0.29) is 0 Å². The SMILES string of the molecule is COc1ccc([PH](O)(c2ccccc2)c2ccccc2)cc1. The van der Waals surface area contributed by atoms with Crippen LogP contribution in [0.2, 0.25) is 0 Å². The molecule has 0 saturated carbocycles. The average Bonchev–Trinajstić information content (AvgIpc) is 2.62. The van der Waals surface area contributed by atoms with E-state index in [1.807, 2.05) is 84.9 Å². The van der Waals surface area contributed by atoms with E-state index in [0.717, 1.165) is 21.7 Å². The van der Waals surface area contributed by atoms with Crippen LogP contribution in [0.4, 0.5) is 0 Å². The van der Waals surface area contributed by atoms with E-state index in [0.29, 0.717) is 0 Å². The van der Waals surface area contributed by atoms with E-state index >= 15 is 0 Å². The molecular formula is C19H19O2P. The van der Waals surface area contributed by atoms with Gasteiger partial charge in [0.2, 0.25) is 0 Å². The Labute approximate surface area is 131 Å². The van der Waals surface area contributed by atoms with Gasteiger partial charge in [-0.1, -0.05) is 0 Å². The molecule has 0 amide bonds. The minimum atomic E-state index is -2.97. The second-order valence-electron chi connectivity index (χ2n) is 5.17. The van der Waals surface area contributed by atoms with Crippen LogP contribution in [0.25, 0.3) is 0 Å². The molecule has 2 nitrogen and oxygen atoms in total. The Balaban J connectivity index is 2.18. The summed E-state index contributed by atoms with van der Waals surface area (Å²) in [5, 5.41) is 2.91. The van der Waals surface area contributed by atoms with Crippen molar-refractivity contribution in [3.63, 3.8) is 0 Å². The first-order chi connectivity index (χ1) is 10.7. The minimum absolute atomic E-state index is 0.793. The summed E-state index contributed by atoms with van der Waals surface area (Å²) in [5.74, 6) is 0.793. The molecule has 0 radical (unpaired) electrons. The molecule has 22 heavy (non-hydrogen) atoms. The molecule has 0 spiro atoms. The maximum atomic E-state index is 11.7. The Kier molecular flexibility index (Phi) is 4.24. The summed E-state index contributed by atoms with van der Waals surface area (Å²) in [7, 11) is -1.32. The van der Waals surface area contributed by atoms with Gasteiger partial charge in [0, 0.05) is 0 Å². The molecule has 0 aliphatic heterocycles. The molecule has 3 rings (SSSR count).